The van der Waals surface area contributed by atoms with E-state index in [1.54, 1.807) is 0 Å². The largest absolute Gasteiger partial charge is 0.493 e. The number of amidine groups is 1. The molecule has 0 saturated carbocycles. The van der Waals surface area contributed by atoms with Gasteiger partial charge in [-0.15, -0.1) is 0 Å². The lowest BCUT2D eigenvalue weighted by atomic mass is 10.0. The first-order valence-electron chi connectivity index (χ1n) is 7.88. The van der Waals surface area contributed by atoms with Crippen LogP contribution in [0.4, 0.5) is 0 Å². The predicted octanol–water partition coefficient (Wildman–Crippen LogP) is 2.90. The Morgan fingerprint density at radius 1 is 1.42 bits per heavy atom. The number of hydrogen-bond acceptors (Lipinski definition) is 5. The zero-order chi connectivity index (χ0) is 17.3. The van der Waals surface area contributed by atoms with E-state index in [1.165, 1.54) is 0 Å². The van der Waals surface area contributed by atoms with Crippen LogP contribution in [0.25, 0.3) is 0 Å². The molecule has 1 amide bonds. The SMILES string of the molecule is C[P+](C)(C)C1N=C(C(=O)NC2CCCOc3cc(Br)ccc32)NO1. The number of hydrogen-bond donors (Lipinski definition) is 2. The lowest BCUT2D eigenvalue weighted by molar-refractivity contribution is -0.116. The zero-order valence-corrected chi connectivity index (χ0v) is 16.5. The highest BCUT2D eigenvalue weighted by molar-refractivity contribution is 9.10. The Bertz CT molecular complexity index is 675. The normalized spacial score (nSPS) is 23.4. The van der Waals surface area contributed by atoms with Gasteiger partial charge in [-0.1, -0.05) is 22.0 Å². The van der Waals surface area contributed by atoms with Gasteiger partial charge in [0, 0.05) is 10.0 Å². The fourth-order valence-electron chi connectivity index (χ4n) is 2.63. The van der Waals surface area contributed by atoms with Crippen molar-refractivity contribution in [3.63, 3.8) is 0 Å². The second kappa shape index (κ2) is 6.98. The van der Waals surface area contributed by atoms with Gasteiger partial charge in [0.2, 0.25) is 5.84 Å². The van der Waals surface area contributed by atoms with E-state index in [0.717, 1.165) is 28.6 Å². The van der Waals surface area contributed by atoms with Gasteiger partial charge in [-0.05, 0) is 25.0 Å². The van der Waals surface area contributed by atoms with Crippen molar-refractivity contribution in [2.75, 3.05) is 26.6 Å². The number of amides is 1. The van der Waals surface area contributed by atoms with Crippen LogP contribution >= 0.6 is 23.2 Å². The molecule has 2 aliphatic heterocycles. The Kier molecular flexibility index (Phi) is 5.13. The summed E-state index contributed by atoms with van der Waals surface area (Å²) in [5.74, 6) is 0.549. The summed E-state index contributed by atoms with van der Waals surface area (Å²) in [6, 6.07) is 5.78. The number of hydroxylamine groups is 1. The van der Waals surface area contributed by atoms with Gasteiger partial charge in [0.15, 0.2) is 0 Å². The van der Waals surface area contributed by atoms with Crippen molar-refractivity contribution in [1.82, 2.24) is 10.8 Å². The monoisotopic (exact) mass is 414 g/mol. The smallest absolute Gasteiger partial charge is 0.289 e. The summed E-state index contributed by atoms with van der Waals surface area (Å²) in [6.07, 6.45) is 1.70. The first kappa shape index (κ1) is 17.6. The third-order valence-electron chi connectivity index (χ3n) is 3.93. The van der Waals surface area contributed by atoms with Crippen molar-refractivity contribution < 1.29 is 14.4 Å². The molecule has 1 aromatic carbocycles. The van der Waals surface area contributed by atoms with Crippen molar-refractivity contribution in [2.24, 2.45) is 4.99 Å². The van der Waals surface area contributed by atoms with E-state index in [2.05, 4.69) is 51.7 Å². The average Bonchev–Trinajstić information content (AvgIpc) is 2.93. The van der Waals surface area contributed by atoms with Crippen LogP contribution in [0.3, 0.4) is 0 Å². The van der Waals surface area contributed by atoms with E-state index in [0.29, 0.717) is 6.61 Å². The lowest BCUT2D eigenvalue weighted by Gasteiger charge is -2.18. The van der Waals surface area contributed by atoms with Crippen LogP contribution in [0.5, 0.6) is 5.75 Å². The maximum absolute atomic E-state index is 12.6. The van der Waals surface area contributed by atoms with Gasteiger partial charge >= 0.3 is 0 Å². The highest BCUT2D eigenvalue weighted by Gasteiger charge is 2.38. The molecule has 2 unspecified atom stereocenters. The molecule has 0 bridgehead atoms. The number of rotatable bonds is 3. The van der Waals surface area contributed by atoms with Crippen molar-refractivity contribution in [3.05, 3.63) is 28.2 Å². The maximum atomic E-state index is 12.6. The van der Waals surface area contributed by atoms with E-state index in [9.17, 15) is 4.79 Å². The van der Waals surface area contributed by atoms with Gasteiger partial charge in [0.25, 0.3) is 11.9 Å². The number of carbonyl (C=O) groups excluding carboxylic acids is 1. The van der Waals surface area contributed by atoms with Crippen LogP contribution in [0, 0.1) is 0 Å². The number of nitrogens with zero attached hydrogens (tertiary/aromatic N) is 1. The van der Waals surface area contributed by atoms with E-state index >= 15 is 0 Å². The van der Waals surface area contributed by atoms with E-state index in [4.69, 9.17) is 9.57 Å². The molecular weight excluding hydrogens is 393 g/mol. The number of carbonyl (C=O) groups is 1. The molecule has 6 nitrogen and oxygen atoms in total. The third-order valence-corrected chi connectivity index (χ3v) is 5.97. The Morgan fingerprint density at radius 2 is 2.21 bits per heavy atom. The quantitative estimate of drug-likeness (QED) is 0.745. The van der Waals surface area contributed by atoms with Gasteiger partial charge in [-0.3, -0.25) is 4.79 Å². The zero-order valence-electron chi connectivity index (χ0n) is 14.0. The number of aliphatic imine (C=N–C) groups is 1. The Hall–Kier alpha value is -1.17. The second-order valence-electron chi connectivity index (χ2n) is 6.84. The van der Waals surface area contributed by atoms with Gasteiger partial charge in [-0.25, -0.2) is 10.3 Å². The highest BCUT2D eigenvalue weighted by atomic mass is 79.9. The van der Waals surface area contributed by atoms with Gasteiger partial charge in [-0.2, -0.15) is 4.99 Å². The summed E-state index contributed by atoms with van der Waals surface area (Å²) < 4.78 is 6.74. The summed E-state index contributed by atoms with van der Waals surface area (Å²) >= 11 is 3.46. The number of nitrogens with one attached hydrogen (secondary N) is 2. The average molecular weight is 415 g/mol. The van der Waals surface area contributed by atoms with Crippen molar-refractivity contribution >= 4 is 34.9 Å². The lowest BCUT2D eigenvalue weighted by Crippen LogP contribution is -2.39. The molecule has 0 spiro atoms. The molecule has 0 aromatic heterocycles. The Morgan fingerprint density at radius 3 is 2.92 bits per heavy atom. The predicted molar refractivity (Wildman–Crippen MR) is 99.9 cm³/mol. The minimum absolute atomic E-state index is 0.101. The number of fused-ring (bicyclic) bond motifs is 1. The molecule has 0 fully saturated rings. The summed E-state index contributed by atoms with van der Waals surface area (Å²) in [5.41, 5.74) is 3.67. The molecule has 2 N–H and O–H groups in total. The van der Waals surface area contributed by atoms with E-state index in [1.807, 2.05) is 18.2 Å². The Balaban J connectivity index is 1.76. The molecule has 3 rings (SSSR count). The molecule has 24 heavy (non-hydrogen) atoms. The minimum atomic E-state index is -1.33. The number of halogens is 1. The van der Waals surface area contributed by atoms with Crippen molar-refractivity contribution in [1.29, 1.82) is 0 Å². The molecule has 130 valence electrons. The number of benzene rings is 1. The Labute approximate surface area is 150 Å². The molecule has 1 aromatic rings. The minimum Gasteiger partial charge on any atom is -0.493 e. The summed E-state index contributed by atoms with van der Waals surface area (Å²) in [5, 5.41) is 3.05. The van der Waals surface area contributed by atoms with Gasteiger partial charge < -0.3 is 10.1 Å². The van der Waals surface area contributed by atoms with Crippen LogP contribution in [0.15, 0.2) is 27.7 Å². The van der Waals surface area contributed by atoms with Crippen LogP contribution in [0.1, 0.15) is 24.4 Å². The summed E-state index contributed by atoms with van der Waals surface area (Å²) in [7, 11) is -1.33. The molecular formula is C16H22BrN3O3P+. The molecule has 8 heteroatoms. The molecule has 2 aliphatic rings. The van der Waals surface area contributed by atoms with Crippen LogP contribution in [-0.2, 0) is 9.63 Å². The van der Waals surface area contributed by atoms with Crippen molar-refractivity contribution in [2.45, 2.75) is 24.9 Å². The maximum Gasteiger partial charge on any atom is 0.289 e. The van der Waals surface area contributed by atoms with Gasteiger partial charge in [0.05, 0.1) is 39.9 Å². The fourth-order valence-corrected chi connectivity index (χ4v) is 3.80. The topological polar surface area (TPSA) is 72.0 Å². The summed E-state index contributed by atoms with van der Waals surface area (Å²) in [4.78, 5) is 22.4. The first-order chi connectivity index (χ1) is 11.3. The summed E-state index contributed by atoms with van der Waals surface area (Å²) in [6.45, 7) is 7.02. The van der Waals surface area contributed by atoms with Crippen LogP contribution in [0.2, 0.25) is 0 Å². The molecule has 0 saturated heterocycles. The highest BCUT2D eigenvalue weighted by Crippen LogP contribution is 2.53. The number of ether oxygens (including phenoxy) is 1. The van der Waals surface area contributed by atoms with Gasteiger partial charge in [0.1, 0.15) is 5.75 Å². The molecule has 0 aliphatic carbocycles. The molecule has 0 radical (unpaired) electrons. The third kappa shape index (κ3) is 3.90. The van der Waals surface area contributed by atoms with Crippen LogP contribution in [-0.4, -0.2) is 44.3 Å². The van der Waals surface area contributed by atoms with E-state index in [-0.39, 0.29) is 23.8 Å². The van der Waals surface area contributed by atoms with E-state index < -0.39 is 7.26 Å². The van der Waals surface area contributed by atoms with Crippen molar-refractivity contribution in [3.8, 4) is 5.75 Å². The molecule has 2 atom stereocenters. The van der Waals surface area contributed by atoms with Crippen LogP contribution < -0.4 is 15.5 Å². The molecule has 2 heterocycles. The first-order valence-corrected chi connectivity index (χ1v) is 11.9. The standard InChI is InChI=1S/C16H21BrN3O3P/c1-24(2,3)16-19-14(20-23-16)15(21)18-12-5-4-8-22-13-9-10(17)6-7-11(12)13/h6-7,9,12,16H,4-5,8H2,1-3H3,(H-,18,19,20,21)/p+1. The second-order valence-corrected chi connectivity index (χ2v) is 12.4. The fraction of sp³-hybridized carbons (Fsp3) is 0.500.